The van der Waals surface area contributed by atoms with Gasteiger partial charge in [0.15, 0.2) is 5.78 Å². The Labute approximate surface area is 85.9 Å². The summed E-state index contributed by atoms with van der Waals surface area (Å²) in [6.07, 6.45) is -0.787. The zero-order chi connectivity index (χ0) is 10.8. The molecule has 0 saturated carbocycles. The van der Waals surface area contributed by atoms with Crippen molar-refractivity contribution < 1.29 is 19.1 Å². The second-order valence-electron chi connectivity index (χ2n) is 2.78. The van der Waals surface area contributed by atoms with Gasteiger partial charge in [-0.3, -0.25) is 4.79 Å². The van der Waals surface area contributed by atoms with Crippen LogP contribution >= 0.6 is 11.8 Å². The van der Waals surface area contributed by atoms with E-state index in [4.69, 9.17) is 9.47 Å². The van der Waals surface area contributed by atoms with Gasteiger partial charge >= 0.3 is 6.09 Å². The van der Waals surface area contributed by atoms with Crippen molar-refractivity contribution in [2.24, 2.45) is 4.99 Å². The molecule has 0 bridgehead atoms. The Morgan fingerprint density at radius 2 is 2.36 bits per heavy atom. The van der Waals surface area contributed by atoms with Gasteiger partial charge in [-0.2, -0.15) is 0 Å². The standard InChI is InChI=1S/C8H11NO4S/c1-4-12-7-9-6(11)13-8(3,14-7)5(2)10/h4H2,1-3H3. The molecule has 1 heterocycles. The minimum absolute atomic E-state index is 0.182. The van der Waals surface area contributed by atoms with Crippen LogP contribution in [0, 0.1) is 0 Å². The predicted molar refractivity (Wildman–Crippen MR) is 52.2 cm³/mol. The lowest BCUT2D eigenvalue weighted by molar-refractivity contribution is -0.126. The smallest absolute Gasteiger partial charge is 0.439 e. The normalized spacial score (nSPS) is 26.5. The number of Topliss-reactive ketones (excluding diaryl/α,β-unsaturated/α-hetero) is 1. The molecule has 0 aromatic carbocycles. The van der Waals surface area contributed by atoms with Crippen molar-refractivity contribution in [1.29, 1.82) is 0 Å². The SMILES string of the molecule is CCOC1=NC(=O)OC(C)(C(C)=O)S1. The fourth-order valence-electron chi connectivity index (χ4n) is 0.803. The van der Waals surface area contributed by atoms with Crippen LogP contribution in [0.2, 0.25) is 0 Å². The lowest BCUT2D eigenvalue weighted by Gasteiger charge is -2.27. The molecule has 0 saturated heterocycles. The molecule has 0 aromatic heterocycles. The highest BCUT2D eigenvalue weighted by Crippen LogP contribution is 2.33. The zero-order valence-corrected chi connectivity index (χ0v) is 9.01. The number of cyclic esters (lactones) is 1. The summed E-state index contributed by atoms with van der Waals surface area (Å²) in [6.45, 7) is 5.04. The van der Waals surface area contributed by atoms with Gasteiger partial charge in [-0.1, -0.05) is 0 Å². The number of thioether (sulfide) groups is 1. The summed E-state index contributed by atoms with van der Waals surface area (Å²) in [6, 6.07) is 0. The molecule has 1 amide bonds. The van der Waals surface area contributed by atoms with Gasteiger partial charge in [0, 0.05) is 0 Å². The van der Waals surface area contributed by atoms with Crippen LogP contribution in [0.3, 0.4) is 0 Å². The predicted octanol–water partition coefficient (Wildman–Crippen LogP) is 1.57. The molecule has 0 aromatic rings. The molecular formula is C8H11NO4S. The first-order valence-corrected chi connectivity index (χ1v) is 4.94. The maximum absolute atomic E-state index is 11.2. The van der Waals surface area contributed by atoms with E-state index in [-0.39, 0.29) is 11.0 Å². The Bertz CT molecular complexity index is 302. The quantitative estimate of drug-likeness (QED) is 0.702. The summed E-state index contributed by atoms with van der Waals surface area (Å²) >= 11 is 1.01. The number of amides is 1. The first-order chi connectivity index (χ1) is 6.48. The van der Waals surface area contributed by atoms with Crippen LogP contribution in [0.15, 0.2) is 4.99 Å². The minimum atomic E-state index is -1.21. The third-order valence-corrected chi connectivity index (χ3v) is 2.80. The van der Waals surface area contributed by atoms with E-state index in [9.17, 15) is 9.59 Å². The largest absolute Gasteiger partial charge is 0.473 e. The highest BCUT2D eigenvalue weighted by Gasteiger charge is 2.41. The zero-order valence-electron chi connectivity index (χ0n) is 8.20. The summed E-state index contributed by atoms with van der Waals surface area (Å²) in [7, 11) is 0. The Hall–Kier alpha value is -1.04. The van der Waals surface area contributed by atoms with Gasteiger partial charge in [0.25, 0.3) is 5.23 Å². The summed E-state index contributed by atoms with van der Waals surface area (Å²) in [4.78, 5) is 24.5. The monoisotopic (exact) mass is 217 g/mol. The fraction of sp³-hybridized carbons (Fsp3) is 0.625. The molecule has 78 valence electrons. The topological polar surface area (TPSA) is 65.0 Å². The van der Waals surface area contributed by atoms with E-state index >= 15 is 0 Å². The second kappa shape index (κ2) is 4.00. The van der Waals surface area contributed by atoms with Crippen molar-refractivity contribution in [1.82, 2.24) is 0 Å². The number of carbonyl (C=O) groups is 2. The summed E-state index contributed by atoms with van der Waals surface area (Å²) < 4.78 is 9.88. The van der Waals surface area contributed by atoms with Crippen LogP contribution in [0.5, 0.6) is 0 Å². The molecule has 0 N–H and O–H groups in total. The van der Waals surface area contributed by atoms with Gasteiger partial charge < -0.3 is 9.47 Å². The number of ether oxygens (including phenoxy) is 2. The van der Waals surface area contributed by atoms with Gasteiger partial charge in [-0.15, -0.1) is 4.99 Å². The van der Waals surface area contributed by atoms with Crippen molar-refractivity contribution in [3.63, 3.8) is 0 Å². The van der Waals surface area contributed by atoms with Crippen LogP contribution in [-0.4, -0.2) is 28.6 Å². The van der Waals surface area contributed by atoms with E-state index in [1.54, 1.807) is 6.92 Å². The number of hydrogen-bond donors (Lipinski definition) is 0. The van der Waals surface area contributed by atoms with E-state index in [1.807, 2.05) is 0 Å². The maximum Gasteiger partial charge on any atom is 0.439 e. The van der Waals surface area contributed by atoms with Gasteiger partial charge in [-0.05, 0) is 32.5 Å². The fourth-order valence-corrected chi connectivity index (χ4v) is 1.69. The lowest BCUT2D eigenvalue weighted by atomic mass is 10.3. The Balaban J connectivity index is 2.85. The summed E-state index contributed by atoms with van der Waals surface area (Å²) in [5, 5.41) is 0.182. The van der Waals surface area contributed by atoms with Crippen molar-refractivity contribution in [3.05, 3.63) is 0 Å². The average molecular weight is 217 g/mol. The summed E-state index contributed by atoms with van der Waals surface area (Å²) in [5.74, 6) is -0.247. The Morgan fingerprint density at radius 3 is 2.86 bits per heavy atom. The number of hydrogen-bond acceptors (Lipinski definition) is 5. The molecule has 1 unspecified atom stereocenters. The molecule has 1 aliphatic rings. The molecule has 1 aliphatic heterocycles. The molecule has 0 aliphatic carbocycles. The Morgan fingerprint density at radius 1 is 1.71 bits per heavy atom. The first-order valence-electron chi connectivity index (χ1n) is 4.12. The van der Waals surface area contributed by atoms with Crippen molar-refractivity contribution >= 4 is 28.9 Å². The molecule has 0 spiro atoms. The van der Waals surface area contributed by atoms with E-state index in [0.29, 0.717) is 6.61 Å². The van der Waals surface area contributed by atoms with Crippen molar-refractivity contribution in [2.45, 2.75) is 25.7 Å². The van der Waals surface area contributed by atoms with Crippen LogP contribution in [0.1, 0.15) is 20.8 Å². The van der Waals surface area contributed by atoms with E-state index in [2.05, 4.69) is 4.99 Å². The molecule has 14 heavy (non-hydrogen) atoms. The molecule has 6 heteroatoms. The number of rotatable bonds is 2. The van der Waals surface area contributed by atoms with E-state index in [1.165, 1.54) is 13.8 Å². The van der Waals surface area contributed by atoms with Crippen LogP contribution in [0.25, 0.3) is 0 Å². The second-order valence-corrected chi connectivity index (χ2v) is 4.12. The highest BCUT2D eigenvalue weighted by atomic mass is 32.2. The van der Waals surface area contributed by atoms with Crippen LogP contribution in [-0.2, 0) is 14.3 Å². The van der Waals surface area contributed by atoms with Crippen molar-refractivity contribution in [3.8, 4) is 0 Å². The number of nitrogens with zero attached hydrogens (tertiary/aromatic N) is 1. The minimum Gasteiger partial charge on any atom is -0.473 e. The van der Waals surface area contributed by atoms with Gasteiger partial charge in [0.05, 0.1) is 6.61 Å². The number of ketones is 1. The van der Waals surface area contributed by atoms with E-state index < -0.39 is 11.0 Å². The van der Waals surface area contributed by atoms with Crippen molar-refractivity contribution in [2.75, 3.05) is 6.61 Å². The highest BCUT2D eigenvalue weighted by molar-refractivity contribution is 8.15. The van der Waals surface area contributed by atoms with Gasteiger partial charge in [-0.25, -0.2) is 4.79 Å². The van der Waals surface area contributed by atoms with Gasteiger partial charge in [0.1, 0.15) is 0 Å². The molecular weight excluding hydrogens is 206 g/mol. The first kappa shape index (κ1) is 11.0. The number of aliphatic imine (C=N–C) groups is 1. The molecule has 1 atom stereocenters. The third-order valence-electron chi connectivity index (χ3n) is 1.65. The Kier molecular flexibility index (Phi) is 3.15. The molecule has 1 rings (SSSR count). The molecule has 5 nitrogen and oxygen atoms in total. The maximum atomic E-state index is 11.2. The van der Waals surface area contributed by atoms with Crippen LogP contribution in [0.4, 0.5) is 4.79 Å². The molecule has 0 fully saturated rings. The van der Waals surface area contributed by atoms with Gasteiger partial charge in [0.2, 0.25) is 4.93 Å². The van der Waals surface area contributed by atoms with E-state index in [0.717, 1.165) is 11.8 Å². The van der Waals surface area contributed by atoms with Crippen LogP contribution < -0.4 is 0 Å². The average Bonchev–Trinajstić information content (AvgIpc) is 2.02. The third kappa shape index (κ3) is 2.25. The number of carbonyl (C=O) groups excluding carboxylic acids is 2. The molecule has 0 radical (unpaired) electrons. The lowest BCUT2D eigenvalue weighted by Crippen LogP contribution is -2.39. The summed E-state index contributed by atoms with van der Waals surface area (Å²) in [5.41, 5.74) is 0.